The molecule has 0 aliphatic carbocycles. The number of hydrogen-bond acceptors (Lipinski definition) is 4. The molecule has 6 nitrogen and oxygen atoms in total. The van der Waals surface area contributed by atoms with Crippen LogP contribution in [0.15, 0.2) is 53.4 Å². The summed E-state index contributed by atoms with van der Waals surface area (Å²) in [6, 6.07) is 13.5. The van der Waals surface area contributed by atoms with Crippen molar-refractivity contribution >= 4 is 15.9 Å². The smallest absolute Gasteiger partial charge is 0.254 e. The van der Waals surface area contributed by atoms with Crippen molar-refractivity contribution in [3.05, 3.63) is 59.7 Å². The molecule has 0 aromatic heterocycles. The minimum Gasteiger partial charge on any atom is -0.497 e. The number of ether oxygens (including phenoxy) is 1. The van der Waals surface area contributed by atoms with Crippen LogP contribution in [-0.2, 0) is 10.0 Å². The van der Waals surface area contributed by atoms with Gasteiger partial charge in [-0.05, 0) is 55.8 Å². The zero-order valence-corrected chi connectivity index (χ0v) is 17.2. The van der Waals surface area contributed by atoms with Crippen LogP contribution in [0.1, 0.15) is 35.8 Å². The van der Waals surface area contributed by atoms with Gasteiger partial charge in [-0.1, -0.05) is 12.1 Å². The average Bonchev–Trinajstić information content (AvgIpc) is 2.68. The summed E-state index contributed by atoms with van der Waals surface area (Å²) >= 11 is 0. The summed E-state index contributed by atoms with van der Waals surface area (Å²) in [4.78, 5) is 14.9. The van der Waals surface area contributed by atoms with E-state index in [-0.39, 0.29) is 16.8 Å². The molecule has 0 spiro atoms. The molecule has 0 bridgehead atoms. The fourth-order valence-corrected chi connectivity index (χ4v) is 3.72. The number of rotatable bonds is 7. The average molecular weight is 391 g/mol. The fourth-order valence-electron chi connectivity index (χ4n) is 2.82. The van der Waals surface area contributed by atoms with Crippen LogP contribution in [0.5, 0.6) is 5.75 Å². The van der Waals surface area contributed by atoms with E-state index >= 15 is 0 Å². The van der Waals surface area contributed by atoms with Crippen molar-refractivity contribution in [3.8, 4) is 5.75 Å². The van der Waals surface area contributed by atoms with Crippen molar-refractivity contribution in [2.45, 2.75) is 24.8 Å². The van der Waals surface area contributed by atoms with E-state index in [0.717, 1.165) is 15.6 Å². The number of nitrogens with zero attached hydrogens (tertiary/aromatic N) is 2. The summed E-state index contributed by atoms with van der Waals surface area (Å²) in [6.07, 6.45) is 0. The molecule has 2 aromatic carbocycles. The molecule has 0 N–H and O–H groups in total. The maximum absolute atomic E-state index is 13.0. The van der Waals surface area contributed by atoms with Crippen molar-refractivity contribution in [3.63, 3.8) is 0 Å². The molecule has 27 heavy (non-hydrogen) atoms. The van der Waals surface area contributed by atoms with E-state index in [0.29, 0.717) is 12.1 Å². The maximum Gasteiger partial charge on any atom is 0.254 e. The van der Waals surface area contributed by atoms with Gasteiger partial charge < -0.3 is 9.64 Å². The van der Waals surface area contributed by atoms with E-state index in [4.69, 9.17) is 4.74 Å². The van der Waals surface area contributed by atoms with Crippen molar-refractivity contribution < 1.29 is 17.9 Å². The molecular formula is C20H26N2O4S. The standard InChI is InChI=1S/C20H26N2O4S/c1-6-22(15(2)17-8-7-9-18(14-17)26-5)20(23)16-10-12-19(13-11-16)27(24,25)21(3)4/h7-15H,6H2,1-5H3. The van der Waals surface area contributed by atoms with Crippen LogP contribution in [0.4, 0.5) is 0 Å². The fraction of sp³-hybridized carbons (Fsp3) is 0.350. The molecule has 1 amide bonds. The largest absolute Gasteiger partial charge is 0.497 e. The van der Waals surface area contributed by atoms with E-state index in [1.54, 1.807) is 24.1 Å². The second kappa shape index (κ2) is 8.54. The molecule has 0 aliphatic rings. The minimum absolute atomic E-state index is 0.150. The van der Waals surface area contributed by atoms with Gasteiger partial charge in [-0.2, -0.15) is 0 Å². The molecule has 0 heterocycles. The number of carbonyl (C=O) groups is 1. The lowest BCUT2D eigenvalue weighted by atomic mass is 10.1. The summed E-state index contributed by atoms with van der Waals surface area (Å²) in [5.41, 5.74) is 1.42. The minimum atomic E-state index is -3.52. The van der Waals surface area contributed by atoms with Crippen LogP contribution in [0.3, 0.4) is 0 Å². The molecule has 1 atom stereocenters. The summed E-state index contributed by atoms with van der Waals surface area (Å²) in [7, 11) is 1.04. The summed E-state index contributed by atoms with van der Waals surface area (Å²) in [6.45, 7) is 4.40. The lowest BCUT2D eigenvalue weighted by Gasteiger charge is -2.29. The highest BCUT2D eigenvalue weighted by atomic mass is 32.2. The number of methoxy groups -OCH3 is 1. The van der Waals surface area contributed by atoms with Crippen LogP contribution in [0.25, 0.3) is 0 Å². The number of amides is 1. The quantitative estimate of drug-likeness (QED) is 0.728. The van der Waals surface area contributed by atoms with E-state index in [1.165, 1.54) is 26.2 Å². The Bertz CT molecular complexity index is 892. The molecule has 0 radical (unpaired) electrons. The van der Waals surface area contributed by atoms with Gasteiger partial charge in [-0.25, -0.2) is 12.7 Å². The van der Waals surface area contributed by atoms with Crippen molar-refractivity contribution in [1.29, 1.82) is 0 Å². The van der Waals surface area contributed by atoms with Gasteiger partial charge in [0.05, 0.1) is 18.0 Å². The van der Waals surface area contributed by atoms with Gasteiger partial charge >= 0.3 is 0 Å². The van der Waals surface area contributed by atoms with Gasteiger partial charge in [0.1, 0.15) is 5.75 Å². The van der Waals surface area contributed by atoms with Crippen LogP contribution in [0, 0.1) is 0 Å². The lowest BCUT2D eigenvalue weighted by Crippen LogP contribution is -2.33. The topological polar surface area (TPSA) is 66.9 Å². The Morgan fingerprint density at radius 1 is 1.11 bits per heavy atom. The van der Waals surface area contributed by atoms with E-state index in [2.05, 4.69) is 0 Å². The summed E-state index contributed by atoms with van der Waals surface area (Å²) < 4.78 is 30.8. The first-order valence-electron chi connectivity index (χ1n) is 8.69. The molecule has 2 aromatic rings. The van der Waals surface area contributed by atoms with Gasteiger partial charge in [0, 0.05) is 26.2 Å². The van der Waals surface area contributed by atoms with E-state index < -0.39 is 10.0 Å². The third-order valence-corrected chi connectivity index (χ3v) is 6.35. The van der Waals surface area contributed by atoms with Crippen molar-refractivity contribution in [1.82, 2.24) is 9.21 Å². The predicted molar refractivity (Wildman–Crippen MR) is 105 cm³/mol. The normalized spacial score (nSPS) is 12.7. The molecule has 0 saturated carbocycles. The van der Waals surface area contributed by atoms with Gasteiger partial charge in [0.25, 0.3) is 5.91 Å². The summed E-state index contributed by atoms with van der Waals surface area (Å²) in [5, 5.41) is 0. The molecule has 7 heteroatoms. The highest BCUT2D eigenvalue weighted by Crippen LogP contribution is 2.25. The Kier molecular flexibility index (Phi) is 6.62. The molecule has 146 valence electrons. The van der Waals surface area contributed by atoms with Gasteiger partial charge in [-0.3, -0.25) is 4.79 Å². The van der Waals surface area contributed by atoms with Crippen LogP contribution >= 0.6 is 0 Å². The zero-order chi connectivity index (χ0) is 20.2. The Morgan fingerprint density at radius 3 is 2.26 bits per heavy atom. The SMILES string of the molecule is CCN(C(=O)c1ccc(S(=O)(=O)N(C)C)cc1)C(C)c1cccc(OC)c1. The first-order chi connectivity index (χ1) is 12.7. The monoisotopic (exact) mass is 390 g/mol. The lowest BCUT2D eigenvalue weighted by molar-refractivity contribution is 0.0702. The summed E-state index contributed by atoms with van der Waals surface area (Å²) in [5.74, 6) is 0.586. The Morgan fingerprint density at radius 2 is 1.74 bits per heavy atom. The highest BCUT2D eigenvalue weighted by Gasteiger charge is 2.23. The molecule has 0 aliphatic heterocycles. The third-order valence-electron chi connectivity index (χ3n) is 4.53. The molecule has 1 unspecified atom stereocenters. The maximum atomic E-state index is 13.0. The first-order valence-corrected chi connectivity index (χ1v) is 10.1. The van der Waals surface area contributed by atoms with Gasteiger partial charge in [0.15, 0.2) is 0 Å². The highest BCUT2D eigenvalue weighted by molar-refractivity contribution is 7.89. The zero-order valence-electron chi connectivity index (χ0n) is 16.3. The van der Waals surface area contributed by atoms with Gasteiger partial charge in [0.2, 0.25) is 10.0 Å². The number of sulfonamides is 1. The second-order valence-corrected chi connectivity index (χ2v) is 8.51. The Balaban J connectivity index is 2.28. The van der Waals surface area contributed by atoms with E-state index in [9.17, 15) is 13.2 Å². The number of benzene rings is 2. The molecule has 2 rings (SSSR count). The van der Waals surface area contributed by atoms with Crippen LogP contribution < -0.4 is 4.74 Å². The third kappa shape index (κ3) is 4.48. The Hall–Kier alpha value is -2.38. The Labute approximate surface area is 161 Å². The van der Waals surface area contributed by atoms with Crippen LogP contribution in [0.2, 0.25) is 0 Å². The number of hydrogen-bond donors (Lipinski definition) is 0. The number of carbonyl (C=O) groups excluding carboxylic acids is 1. The second-order valence-electron chi connectivity index (χ2n) is 6.36. The molecular weight excluding hydrogens is 364 g/mol. The van der Waals surface area contributed by atoms with E-state index in [1.807, 2.05) is 38.1 Å². The van der Waals surface area contributed by atoms with Gasteiger partial charge in [-0.15, -0.1) is 0 Å². The first kappa shape index (κ1) is 20.9. The predicted octanol–water partition coefficient (Wildman–Crippen LogP) is 3.17. The molecule has 0 fully saturated rings. The molecule has 0 saturated heterocycles. The van der Waals surface area contributed by atoms with Crippen molar-refractivity contribution in [2.24, 2.45) is 0 Å². The van der Waals surface area contributed by atoms with Crippen LogP contribution in [-0.4, -0.2) is 51.3 Å². The van der Waals surface area contributed by atoms with Crippen molar-refractivity contribution in [2.75, 3.05) is 27.7 Å².